The van der Waals surface area contributed by atoms with Crippen LogP contribution in [0.2, 0.25) is 0 Å². The number of carbonyl (C=O) groups is 2. The molecular weight excluding hydrogens is 232 g/mol. The molecule has 3 N–H and O–H groups in total. The van der Waals surface area contributed by atoms with Crippen molar-refractivity contribution < 1.29 is 9.59 Å². The van der Waals surface area contributed by atoms with Crippen LogP contribution in [0.15, 0.2) is 12.4 Å². The Morgan fingerprint density at radius 2 is 2.00 bits per heavy atom. The number of rotatable bonds is 2. The van der Waals surface area contributed by atoms with E-state index >= 15 is 0 Å². The van der Waals surface area contributed by atoms with Crippen molar-refractivity contribution >= 4 is 22.9 Å². The van der Waals surface area contributed by atoms with E-state index in [1.54, 1.807) is 6.20 Å². The highest BCUT2D eigenvalue weighted by atomic mass is 16.1. The first kappa shape index (κ1) is 12.2. The van der Waals surface area contributed by atoms with Gasteiger partial charge in [-0.2, -0.15) is 0 Å². The molecule has 2 heterocycles. The summed E-state index contributed by atoms with van der Waals surface area (Å²) in [6.07, 6.45) is 2.84. The van der Waals surface area contributed by atoms with E-state index in [9.17, 15) is 9.59 Å². The number of hydrogen-bond acceptors (Lipinski definition) is 4. The summed E-state index contributed by atoms with van der Waals surface area (Å²) in [7, 11) is 0. The fourth-order valence-corrected chi connectivity index (χ4v) is 1.59. The molecule has 0 aliphatic carbocycles. The monoisotopic (exact) mass is 246 g/mol. The minimum Gasteiger partial charge on any atom is -0.364 e. The Morgan fingerprint density at radius 3 is 2.56 bits per heavy atom. The van der Waals surface area contributed by atoms with Gasteiger partial charge >= 0.3 is 0 Å². The Morgan fingerprint density at radius 1 is 1.33 bits per heavy atom. The van der Waals surface area contributed by atoms with Gasteiger partial charge in [-0.3, -0.25) is 9.59 Å². The fraction of sp³-hybridized carbons (Fsp3) is 0.333. The van der Waals surface area contributed by atoms with Crippen molar-refractivity contribution in [2.45, 2.75) is 20.8 Å². The molecule has 0 saturated heterocycles. The maximum absolute atomic E-state index is 12.2. The van der Waals surface area contributed by atoms with Gasteiger partial charge in [0.2, 0.25) is 0 Å². The maximum Gasteiger partial charge on any atom is 0.268 e. The molecule has 0 atom stereocenters. The highest BCUT2D eigenvalue weighted by Gasteiger charge is 2.26. The van der Waals surface area contributed by atoms with Crippen molar-refractivity contribution in [1.29, 1.82) is 0 Å². The van der Waals surface area contributed by atoms with Gasteiger partial charge in [0.15, 0.2) is 11.4 Å². The summed E-state index contributed by atoms with van der Waals surface area (Å²) in [6, 6.07) is 0. The number of H-pyrrole nitrogens is 1. The average Bonchev–Trinajstić information content (AvgIpc) is 2.68. The van der Waals surface area contributed by atoms with Gasteiger partial charge in [0.25, 0.3) is 5.91 Å². The Kier molecular flexibility index (Phi) is 2.65. The van der Waals surface area contributed by atoms with Crippen molar-refractivity contribution in [2.75, 3.05) is 0 Å². The van der Waals surface area contributed by atoms with Crippen LogP contribution in [0.3, 0.4) is 0 Å². The van der Waals surface area contributed by atoms with Crippen LogP contribution < -0.4 is 5.73 Å². The van der Waals surface area contributed by atoms with Crippen LogP contribution >= 0.6 is 0 Å². The maximum atomic E-state index is 12.2. The number of nitrogens with zero attached hydrogens (tertiary/aromatic N) is 2. The van der Waals surface area contributed by atoms with E-state index in [1.165, 1.54) is 6.20 Å². The summed E-state index contributed by atoms with van der Waals surface area (Å²) < 4.78 is 0. The smallest absolute Gasteiger partial charge is 0.268 e. The van der Waals surface area contributed by atoms with Gasteiger partial charge < -0.3 is 10.7 Å². The number of amides is 1. The first-order valence-corrected chi connectivity index (χ1v) is 5.49. The third-order valence-corrected chi connectivity index (χ3v) is 2.56. The lowest BCUT2D eigenvalue weighted by molar-refractivity contribution is 0.0859. The summed E-state index contributed by atoms with van der Waals surface area (Å²) in [5, 5.41) is 0. The number of carbonyl (C=O) groups excluding carboxylic acids is 2. The van der Waals surface area contributed by atoms with E-state index in [0.717, 1.165) is 0 Å². The summed E-state index contributed by atoms with van der Waals surface area (Å²) in [6.45, 7) is 5.46. The van der Waals surface area contributed by atoms with Crippen molar-refractivity contribution in [2.24, 2.45) is 11.1 Å². The van der Waals surface area contributed by atoms with Crippen LogP contribution in [-0.4, -0.2) is 26.6 Å². The molecule has 0 bridgehead atoms. The van der Waals surface area contributed by atoms with Crippen LogP contribution in [0.5, 0.6) is 0 Å². The minimum absolute atomic E-state index is 0.0464. The number of Topliss-reactive ketones (excluding diaryl/α,β-unsaturated/α-hetero) is 1. The zero-order chi connectivity index (χ0) is 13.5. The number of nitrogens with two attached hydrogens (primary N) is 1. The number of nitrogens with one attached hydrogen (secondary N) is 1. The Hall–Kier alpha value is -2.24. The first-order valence-electron chi connectivity index (χ1n) is 5.49. The standard InChI is InChI=1S/C12H14N4O2/c1-12(2,3)9(17)6-4-14-11-8(6)16-7(5-15-11)10(13)18/h4-5H,1-3H3,(H2,13,18)(H,14,15). The second-order valence-corrected chi connectivity index (χ2v) is 5.10. The fourth-order valence-electron chi connectivity index (χ4n) is 1.59. The molecule has 1 amide bonds. The zero-order valence-corrected chi connectivity index (χ0v) is 10.4. The van der Waals surface area contributed by atoms with Crippen molar-refractivity contribution in [3.63, 3.8) is 0 Å². The van der Waals surface area contributed by atoms with Crippen LogP contribution in [-0.2, 0) is 0 Å². The zero-order valence-electron chi connectivity index (χ0n) is 10.4. The first-order chi connectivity index (χ1) is 8.30. The lowest BCUT2D eigenvalue weighted by atomic mass is 9.87. The molecule has 18 heavy (non-hydrogen) atoms. The Bertz CT molecular complexity index is 637. The Labute approximate surface area is 104 Å². The quantitative estimate of drug-likeness (QED) is 0.779. The number of aromatic nitrogens is 3. The minimum atomic E-state index is -0.667. The van der Waals surface area contributed by atoms with Gasteiger partial charge in [-0.1, -0.05) is 20.8 Å². The molecule has 0 aromatic carbocycles. The van der Waals surface area contributed by atoms with Crippen LogP contribution in [0.1, 0.15) is 41.6 Å². The highest BCUT2D eigenvalue weighted by molar-refractivity contribution is 6.08. The van der Waals surface area contributed by atoms with Crippen molar-refractivity contribution in [1.82, 2.24) is 15.0 Å². The number of primary amides is 1. The molecule has 2 rings (SSSR count). The van der Waals surface area contributed by atoms with E-state index in [0.29, 0.717) is 16.7 Å². The average molecular weight is 246 g/mol. The molecule has 0 aliphatic rings. The van der Waals surface area contributed by atoms with E-state index in [2.05, 4.69) is 15.0 Å². The molecule has 6 nitrogen and oxygen atoms in total. The largest absolute Gasteiger partial charge is 0.364 e. The van der Waals surface area contributed by atoms with Gasteiger partial charge in [-0.25, -0.2) is 9.97 Å². The van der Waals surface area contributed by atoms with Crippen LogP contribution in [0, 0.1) is 5.41 Å². The predicted octanol–water partition coefficient (Wildman–Crippen LogP) is 1.29. The van der Waals surface area contributed by atoms with E-state index in [1.807, 2.05) is 20.8 Å². The van der Waals surface area contributed by atoms with Crippen LogP contribution in [0.4, 0.5) is 0 Å². The van der Waals surface area contributed by atoms with E-state index in [-0.39, 0.29) is 11.5 Å². The third-order valence-electron chi connectivity index (χ3n) is 2.56. The molecule has 0 unspecified atom stereocenters. The second kappa shape index (κ2) is 3.90. The lowest BCUT2D eigenvalue weighted by Gasteiger charge is -2.15. The second-order valence-electron chi connectivity index (χ2n) is 5.10. The molecule has 0 spiro atoms. The van der Waals surface area contributed by atoms with Crippen molar-refractivity contribution in [3.8, 4) is 0 Å². The topological polar surface area (TPSA) is 102 Å². The molecule has 0 aliphatic heterocycles. The molecule has 2 aromatic heterocycles. The van der Waals surface area contributed by atoms with Gasteiger partial charge in [0.1, 0.15) is 11.2 Å². The Balaban J connectivity index is 2.62. The van der Waals surface area contributed by atoms with Crippen LogP contribution in [0.25, 0.3) is 11.2 Å². The summed E-state index contributed by atoms with van der Waals surface area (Å²) in [4.78, 5) is 34.2. The molecule has 6 heteroatoms. The normalized spacial score (nSPS) is 11.7. The number of ketones is 1. The highest BCUT2D eigenvalue weighted by Crippen LogP contribution is 2.24. The number of aromatic amines is 1. The SMILES string of the molecule is CC(C)(C)C(=O)c1c[nH]c2ncc(C(N)=O)nc12. The van der Waals surface area contributed by atoms with E-state index in [4.69, 9.17) is 5.73 Å². The third kappa shape index (κ3) is 1.97. The molecule has 0 radical (unpaired) electrons. The molecule has 2 aromatic rings. The summed E-state index contributed by atoms with van der Waals surface area (Å²) in [5.41, 5.74) is 5.94. The van der Waals surface area contributed by atoms with Gasteiger partial charge in [-0.15, -0.1) is 0 Å². The summed E-state index contributed by atoms with van der Waals surface area (Å²) in [5.74, 6) is -0.732. The molecule has 0 fully saturated rings. The summed E-state index contributed by atoms with van der Waals surface area (Å²) >= 11 is 0. The van der Waals surface area contributed by atoms with Crippen molar-refractivity contribution in [3.05, 3.63) is 23.7 Å². The number of fused-ring (bicyclic) bond motifs is 1. The lowest BCUT2D eigenvalue weighted by Crippen LogP contribution is -2.20. The van der Waals surface area contributed by atoms with Gasteiger partial charge in [0, 0.05) is 11.6 Å². The van der Waals surface area contributed by atoms with Gasteiger partial charge in [-0.05, 0) is 0 Å². The van der Waals surface area contributed by atoms with E-state index < -0.39 is 11.3 Å². The molecule has 0 saturated carbocycles. The van der Waals surface area contributed by atoms with Gasteiger partial charge in [0.05, 0.1) is 11.8 Å². The number of hydrogen-bond donors (Lipinski definition) is 2. The molecular formula is C12H14N4O2. The predicted molar refractivity (Wildman–Crippen MR) is 66.2 cm³/mol. The molecule has 94 valence electrons.